The van der Waals surface area contributed by atoms with Crippen LogP contribution in [0.15, 0.2) is 0 Å². The van der Waals surface area contributed by atoms with Crippen molar-refractivity contribution in [1.29, 1.82) is 0 Å². The third-order valence-corrected chi connectivity index (χ3v) is 4.92. The van der Waals surface area contributed by atoms with Gasteiger partial charge in [0.15, 0.2) is 0 Å². The Morgan fingerprint density at radius 1 is 1.27 bits per heavy atom. The summed E-state index contributed by atoms with van der Waals surface area (Å²) in [5.41, 5.74) is 0.234. The summed E-state index contributed by atoms with van der Waals surface area (Å²) in [6.07, 6.45) is 2.84. The highest BCUT2D eigenvalue weighted by molar-refractivity contribution is 7.91. The van der Waals surface area contributed by atoms with Crippen LogP contribution < -0.4 is 5.32 Å². The molecule has 0 aromatic rings. The quantitative estimate of drug-likeness (QED) is 0.698. The van der Waals surface area contributed by atoms with Crippen LogP contribution in [0.4, 0.5) is 0 Å². The van der Waals surface area contributed by atoms with Crippen LogP contribution in [-0.4, -0.2) is 33.5 Å². The first-order valence-electron chi connectivity index (χ1n) is 5.74. The summed E-state index contributed by atoms with van der Waals surface area (Å²) in [5, 5.41) is 3.17. The maximum atomic E-state index is 11.3. The van der Waals surface area contributed by atoms with Crippen LogP contribution in [0.3, 0.4) is 0 Å². The molecule has 0 aromatic heterocycles. The predicted octanol–water partition coefficient (Wildman–Crippen LogP) is 1.84. The van der Waals surface area contributed by atoms with E-state index in [1.54, 1.807) is 6.92 Å². The highest BCUT2D eigenvalue weighted by Gasteiger charge is 2.21. The van der Waals surface area contributed by atoms with Gasteiger partial charge in [-0.25, -0.2) is 8.42 Å². The minimum absolute atomic E-state index is 0.234. The van der Waals surface area contributed by atoms with E-state index in [0.717, 1.165) is 25.8 Å². The van der Waals surface area contributed by atoms with E-state index in [2.05, 4.69) is 19.2 Å². The van der Waals surface area contributed by atoms with Crippen molar-refractivity contribution in [3.8, 4) is 0 Å². The van der Waals surface area contributed by atoms with Gasteiger partial charge in [0.1, 0.15) is 9.84 Å². The molecule has 92 valence electrons. The van der Waals surface area contributed by atoms with Gasteiger partial charge in [-0.15, -0.1) is 0 Å². The van der Waals surface area contributed by atoms with Crippen molar-refractivity contribution in [3.05, 3.63) is 0 Å². The first-order valence-corrected chi connectivity index (χ1v) is 7.56. The molecule has 0 aliphatic carbocycles. The number of rotatable bonds is 8. The molecule has 4 heteroatoms. The Labute approximate surface area is 94.6 Å². The Bertz CT molecular complexity index is 262. The van der Waals surface area contributed by atoms with Crippen LogP contribution in [0, 0.1) is 5.41 Å². The molecule has 0 saturated carbocycles. The lowest BCUT2D eigenvalue weighted by molar-refractivity contribution is 0.274. The van der Waals surface area contributed by atoms with Gasteiger partial charge in [0, 0.05) is 12.3 Å². The fraction of sp³-hybridized carbons (Fsp3) is 1.00. The van der Waals surface area contributed by atoms with E-state index in [9.17, 15) is 8.42 Å². The molecule has 3 nitrogen and oxygen atoms in total. The number of sulfone groups is 1. The summed E-state index contributed by atoms with van der Waals surface area (Å²) in [6, 6.07) is 0. The summed E-state index contributed by atoms with van der Waals surface area (Å²) >= 11 is 0. The molecule has 15 heavy (non-hydrogen) atoms. The van der Waals surface area contributed by atoms with Gasteiger partial charge in [-0.1, -0.05) is 20.8 Å². The highest BCUT2D eigenvalue weighted by Crippen LogP contribution is 2.26. The van der Waals surface area contributed by atoms with Crippen LogP contribution in [0.2, 0.25) is 0 Å². The van der Waals surface area contributed by atoms with E-state index in [-0.39, 0.29) is 11.2 Å². The van der Waals surface area contributed by atoms with Gasteiger partial charge in [-0.05, 0) is 31.7 Å². The summed E-state index contributed by atoms with van der Waals surface area (Å²) in [4.78, 5) is 0. The molecule has 0 aliphatic rings. The fourth-order valence-corrected chi connectivity index (χ4v) is 2.55. The minimum atomic E-state index is -2.79. The van der Waals surface area contributed by atoms with Crippen molar-refractivity contribution in [2.75, 3.05) is 25.1 Å². The van der Waals surface area contributed by atoms with Crippen molar-refractivity contribution in [2.24, 2.45) is 5.41 Å². The maximum absolute atomic E-state index is 11.3. The smallest absolute Gasteiger partial charge is 0.150 e. The lowest BCUT2D eigenvalue weighted by atomic mass is 9.83. The summed E-state index contributed by atoms with van der Waals surface area (Å²) in [5.74, 6) is 0.602. The monoisotopic (exact) mass is 235 g/mol. The Hall–Kier alpha value is -0.0900. The van der Waals surface area contributed by atoms with Gasteiger partial charge in [0.25, 0.3) is 0 Å². The molecule has 0 aromatic carbocycles. The lowest BCUT2D eigenvalue weighted by Gasteiger charge is -2.27. The zero-order chi connectivity index (χ0) is 11.9. The van der Waals surface area contributed by atoms with Crippen molar-refractivity contribution < 1.29 is 8.42 Å². The molecule has 0 amide bonds. The van der Waals surface area contributed by atoms with Crippen LogP contribution in [0.1, 0.15) is 40.0 Å². The van der Waals surface area contributed by atoms with Crippen molar-refractivity contribution in [1.82, 2.24) is 5.32 Å². The zero-order valence-electron chi connectivity index (χ0n) is 10.5. The SMILES string of the molecule is CCC(C)(CCCS(=O)(=O)CC)CNC. The normalized spacial score (nSPS) is 16.3. The van der Waals surface area contributed by atoms with Crippen LogP contribution in [0.25, 0.3) is 0 Å². The first-order chi connectivity index (χ1) is 6.89. The van der Waals surface area contributed by atoms with E-state index < -0.39 is 9.84 Å². The second-order valence-electron chi connectivity index (χ2n) is 4.53. The second-order valence-corrected chi connectivity index (χ2v) is 7.01. The maximum Gasteiger partial charge on any atom is 0.150 e. The molecular formula is C11H25NO2S. The topological polar surface area (TPSA) is 46.2 Å². The molecule has 0 bridgehead atoms. The van der Waals surface area contributed by atoms with Gasteiger partial charge in [0.05, 0.1) is 5.75 Å². The lowest BCUT2D eigenvalue weighted by Crippen LogP contribution is -2.29. The van der Waals surface area contributed by atoms with E-state index in [4.69, 9.17) is 0 Å². The van der Waals surface area contributed by atoms with Gasteiger partial charge in [0.2, 0.25) is 0 Å². The van der Waals surface area contributed by atoms with E-state index in [0.29, 0.717) is 5.75 Å². The third kappa shape index (κ3) is 6.15. The van der Waals surface area contributed by atoms with Crippen LogP contribution in [0.5, 0.6) is 0 Å². The number of nitrogens with one attached hydrogen (secondary N) is 1. The summed E-state index contributed by atoms with van der Waals surface area (Å²) in [6.45, 7) is 7.03. The molecule has 0 spiro atoms. The Morgan fingerprint density at radius 2 is 1.87 bits per heavy atom. The van der Waals surface area contributed by atoms with Crippen LogP contribution >= 0.6 is 0 Å². The largest absolute Gasteiger partial charge is 0.319 e. The predicted molar refractivity (Wildman–Crippen MR) is 65.9 cm³/mol. The molecule has 0 radical (unpaired) electrons. The van der Waals surface area contributed by atoms with E-state index in [1.807, 2.05) is 7.05 Å². The van der Waals surface area contributed by atoms with Gasteiger partial charge >= 0.3 is 0 Å². The standard InChI is InChI=1S/C11H25NO2S/c1-5-11(3,10-12-4)8-7-9-15(13,14)6-2/h12H,5-10H2,1-4H3. The van der Waals surface area contributed by atoms with Gasteiger partial charge < -0.3 is 5.32 Å². The van der Waals surface area contributed by atoms with E-state index >= 15 is 0 Å². The molecule has 0 rings (SSSR count). The first kappa shape index (κ1) is 14.9. The fourth-order valence-electron chi connectivity index (χ4n) is 1.68. The Morgan fingerprint density at radius 3 is 2.27 bits per heavy atom. The average Bonchev–Trinajstić information content (AvgIpc) is 2.18. The molecule has 1 N–H and O–H groups in total. The van der Waals surface area contributed by atoms with Gasteiger partial charge in [-0.3, -0.25) is 0 Å². The number of hydrogen-bond acceptors (Lipinski definition) is 3. The van der Waals surface area contributed by atoms with E-state index in [1.165, 1.54) is 0 Å². The molecule has 0 aliphatic heterocycles. The molecule has 1 atom stereocenters. The molecule has 0 fully saturated rings. The van der Waals surface area contributed by atoms with Crippen molar-refractivity contribution in [3.63, 3.8) is 0 Å². The molecule has 1 unspecified atom stereocenters. The van der Waals surface area contributed by atoms with Crippen molar-refractivity contribution in [2.45, 2.75) is 40.0 Å². The van der Waals surface area contributed by atoms with Crippen molar-refractivity contribution >= 4 is 9.84 Å². The highest BCUT2D eigenvalue weighted by atomic mass is 32.2. The molecule has 0 saturated heterocycles. The minimum Gasteiger partial charge on any atom is -0.319 e. The molecular weight excluding hydrogens is 210 g/mol. The average molecular weight is 235 g/mol. The number of hydrogen-bond donors (Lipinski definition) is 1. The summed E-state index contributed by atoms with van der Waals surface area (Å²) < 4.78 is 22.6. The van der Waals surface area contributed by atoms with Gasteiger partial charge in [-0.2, -0.15) is 0 Å². The zero-order valence-corrected chi connectivity index (χ0v) is 11.3. The Balaban J connectivity index is 4.03. The second kappa shape index (κ2) is 6.48. The van der Waals surface area contributed by atoms with Crippen LogP contribution in [-0.2, 0) is 9.84 Å². The molecule has 0 heterocycles. The summed E-state index contributed by atoms with van der Waals surface area (Å²) in [7, 11) is -0.844. The third-order valence-electron chi connectivity index (χ3n) is 3.13. The Kier molecular flexibility index (Phi) is 6.44.